The zero-order valence-corrected chi connectivity index (χ0v) is 24.1. The van der Waals surface area contributed by atoms with Crippen molar-refractivity contribution in [2.24, 2.45) is 0 Å². The highest BCUT2D eigenvalue weighted by Gasteiger charge is 1.86. The molecule has 0 atom stereocenters. The molecule has 5 aromatic carbocycles. The molecule has 0 aromatic heterocycles. The Labute approximate surface area is 230 Å². The summed E-state index contributed by atoms with van der Waals surface area (Å²) in [4.78, 5) is 0. The minimum absolute atomic E-state index is 0. The van der Waals surface area contributed by atoms with Gasteiger partial charge in [0.15, 0.2) is 0 Å². The van der Waals surface area contributed by atoms with E-state index in [1.165, 1.54) is 34.4 Å². The zero-order valence-electron chi connectivity index (χ0n) is 24.1. The van der Waals surface area contributed by atoms with Crippen LogP contribution in [0.15, 0.2) is 133 Å². The predicted octanol–water partition coefficient (Wildman–Crippen LogP) is 12.9. The Kier molecular flexibility index (Phi) is 31.6. The van der Waals surface area contributed by atoms with Crippen molar-refractivity contribution >= 4 is 21.5 Å². The second kappa shape index (κ2) is 30.7. The molecule has 0 unspecified atom stereocenters. The fourth-order valence-corrected chi connectivity index (χ4v) is 2.65. The van der Waals surface area contributed by atoms with Gasteiger partial charge in [-0.3, -0.25) is 0 Å². The van der Waals surface area contributed by atoms with Gasteiger partial charge < -0.3 is 0 Å². The van der Waals surface area contributed by atoms with E-state index in [-0.39, 0.29) is 7.43 Å². The Morgan fingerprint density at radius 3 is 0.514 bits per heavy atom. The average molecular weight is 499 g/mol. The SMILES string of the molecule is C.CC.CC.CCC.CCC.c1ccc2ccccc2c1.c1ccc2ccccc2c1.c1ccccc1. The Morgan fingerprint density at radius 2 is 0.405 bits per heavy atom. The summed E-state index contributed by atoms with van der Waals surface area (Å²) in [6.45, 7) is 16.5. The lowest BCUT2D eigenvalue weighted by atomic mass is 10.1. The van der Waals surface area contributed by atoms with E-state index in [4.69, 9.17) is 0 Å². The molecular formula is C37H54. The van der Waals surface area contributed by atoms with Gasteiger partial charge >= 0.3 is 0 Å². The van der Waals surface area contributed by atoms with E-state index in [9.17, 15) is 0 Å². The first kappa shape index (κ1) is 38.2. The molecule has 0 radical (unpaired) electrons. The van der Waals surface area contributed by atoms with Crippen LogP contribution in [0.5, 0.6) is 0 Å². The van der Waals surface area contributed by atoms with Gasteiger partial charge in [0, 0.05) is 0 Å². The summed E-state index contributed by atoms with van der Waals surface area (Å²) in [5.41, 5.74) is 0. The maximum absolute atomic E-state index is 2.12. The van der Waals surface area contributed by atoms with Gasteiger partial charge in [-0.05, 0) is 21.5 Å². The first-order chi connectivity index (χ1) is 17.8. The molecule has 5 rings (SSSR count). The quantitative estimate of drug-likeness (QED) is 0.199. The Hall–Kier alpha value is -3.38. The van der Waals surface area contributed by atoms with Crippen molar-refractivity contribution in [1.82, 2.24) is 0 Å². The average Bonchev–Trinajstić information content (AvgIpc) is 2.98. The lowest BCUT2D eigenvalue weighted by molar-refractivity contribution is 1.09. The summed E-state index contributed by atoms with van der Waals surface area (Å²) in [6.07, 6.45) is 2.50. The van der Waals surface area contributed by atoms with E-state index in [1.54, 1.807) is 0 Å². The van der Waals surface area contributed by atoms with Crippen LogP contribution < -0.4 is 0 Å². The van der Waals surface area contributed by atoms with Gasteiger partial charge in [-0.15, -0.1) is 0 Å². The summed E-state index contributed by atoms with van der Waals surface area (Å²) in [5.74, 6) is 0. The summed E-state index contributed by atoms with van der Waals surface area (Å²) >= 11 is 0. The van der Waals surface area contributed by atoms with Crippen LogP contribution in [0.3, 0.4) is 0 Å². The molecular weight excluding hydrogens is 444 g/mol. The van der Waals surface area contributed by atoms with Crippen LogP contribution in [0.2, 0.25) is 0 Å². The second-order valence-corrected chi connectivity index (χ2v) is 7.26. The van der Waals surface area contributed by atoms with E-state index in [0.29, 0.717) is 0 Å². The first-order valence-corrected chi connectivity index (χ1v) is 13.6. The van der Waals surface area contributed by atoms with E-state index in [1.807, 2.05) is 64.1 Å². The lowest BCUT2D eigenvalue weighted by Gasteiger charge is -1.92. The molecule has 202 valence electrons. The highest BCUT2D eigenvalue weighted by molar-refractivity contribution is 5.82. The maximum Gasteiger partial charge on any atom is -0.0184 e. The molecule has 0 bridgehead atoms. The van der Waals surface area contributed by atoms with Gasteiger partial charge in [0.2, 0.25) is 0 Å². The van der Waals surface area contributed by atoms with Gasteiger partial charge in [0.05, 0.1) is 0 Å². The van der Waals surface area contributed by atoms with Crippen molar-refractivity contribution in [1.29, 1.82) is 0 Å². The van der Waals surface area contributed by atoms with Crippen molar-refractivity contribution in [2.45, 2.75) is 75.7 Å². The molecule has 0 fully saturated rings. The van der Waals surface area contributed by atoms with Crippen LogP contribution in [0.25, 0.3) is 21.5 Å². The Bertz CT molecular complexity index is 834. The van der Waals surface area contributed by atoms with Crippen LogP contribution in [-0.4, -0.2) is 0 Å². The third kappa shape index (κ3) is 20.5. The summed E-state index contributed by atoms with van der Waals surface area (Å²) in [5, 5.41) is 5.24. The number of rotatable bonds is 0. The zero-order chi connectivity index (χ0) is 27.3. The van der Waals surface area contributed by atoms with Gasteiger partial charge in [-0.2, -0.15) is 0 Å². The van der Waals surface area contributed by atoms with Gasteiger partial charge in [-0.1, -0.05) is 209 Å². The summed E-state index contributed by atoms with van der Waals surface area (Å²) < 4.78 is 0. The van der Waals surface area contributed by atoms with E-state index in [0.717, 1.165) is 0 Å². The fourth-order valence-electron chi connectivity index (χ4n) is 2.65. The molecule has 0 aliphatic rings. The van der Waals surface area contributed by atoms with Crippen molar-refractivity contribution in [3.8, 4) is 0 Å². The van der Waals surface area contributed by atoms with Gasteiger partial charge in [0.25, 0.3) is 0 Å². The first-order valence-electron chi connectivity index (χ1n) is 13.6. The number of hydrogen-bond acceptors (Lipinski definition) is 0. The fraction of sp³-hybridized carbons (Fsp3) is 0.297. The smallest absolute Gasteiger partial charge is 0.0184 e. The third-order valence-electron chi connectivity index (χ3n) is 3.98. The van der Waals surface area contributed by atoms with E-state index in [2.05, 4.69) is 125 Å². The number of hydrogen-bond donors (Lipinski definition) is 0. The number of fused-ring (bicyclic) bond motifs is 2. The molecule has 0 aliphatic carbocycles. The van der Waals surface area contributed by atoms with Crippen LogP contribution in [0, 0.1) is 0 Å². The maximum atomic E-state index is 2.12. The third-order valence-corrected chi connectivity index (χ3v) is 3.98. The lowest BCUT2D eigenvalue weighted by Crippen LogP contribution is -1.67. The Morgan fingerprint density at radius 1 is 0.297 bits per heavy atom. The van der Waals surface area contributed by atoms with Gasteiger partial charge in [0.1, 0.15) is 0 Å². The van der Waals surface area contributed by atoms with Crippen LogP contribution in [0.4, 0.5) is 0 Å². The minimum Gasteiger partial charge on any atom is -0.0776 e. The summed E-state index contributed by atoms with van der Waals surface area (Å²) in [6, 6.07) is 45.4. The molecule has 0 amide bonds. The van der Waals surface area contributed by atoms with Crippen molar-refractivity contribution in [2.75, 3.05) is 0 Å². The standard InChI is InChI=1S/2C10H8.C6H6.2C3H8.2C2H6.CH4/c2*1-2-6-10-8-4-3-7-9(10)5-1;1-2-4-6-5-3-1;2*1-3-2;2*1-2;/h2*1-8H;1-6H;2*3H2,1-2H3;2*1-2H3;1H4. The Balaban J connectivity index is -0.000000402. The van der Waals surface area contributed by atoms with Crippen molar-refractivity contribution in [3.63, 3.8) is 0 Å². The van der Waals surface area contributed by atoms with Crippen LogP contribution in [-0.2, 0) is 0 Å². The molecule has 0 spiro atoms. The van der Waals surface area contributed by atoms with Crippen molar-refractivity contribution in [3.05, 3.63) is 133 Å². The minimum atomic E-state index is 0. The normalized spacial score (nSPS) is 8.00. The topological polar surface area (TPSA) is 0 Å². The molecule has 0 saturated heterocycles. The molecule has 0 saturated carbocycles. The monoisotopic (exact) mass is 498 g/mol. The van der Waals surface area contributed by atoms with E-state index >= 15 is 0 Å². The second-order valence-electron chi connectivity index (χ2n) is 7.26. The molecule has 5 aromatic rings. The highest BCUT2D eigenvalue weighted by atomic mass is 13.9. The predicted molar refractivity (Wildman–Crippen MR) is 176 cm³/mol. The molecule has 0 N–H and O–H groups in total. The molecule has 37 heavy (non-hydrogen) atoms. The molecule has 0 heterocycles. The van der Waals surface area contributed by atoms with Gasteiger partial charge in [-0.25, -0.2) is 0 Å². The van der Waals surface area contributed by atoms with Crippen molar-refractivity contribution < 1.29 is 0 Å². The molecule has 0 nitrogen and oxygen atoms in total. The molecule has 0 heteroatoms. The highest BCUT2D eigenvalue weighted by Crippen LogP contribution is 2.12. The summed E-state index contributed by atoms with van der Waals surface area (Å²) in [7, 11) is 0. The van der Waals surface area contributed by atoms with E-state index < -0.39 is 0 Å². The van der Waals surface area contributed by atoms with Crippen LogP contribution in [0.1, 0.15) is 75.7 Å². The molecule has 0 aliphatic heterocycles. The largest absolute Gasteiger partial charge is 0.0776 e. The number of benzene rings is 5. The van der Waals surface area contributed by atoms with Crippen LogP contribution >= 0.6 is 0 Å².